The Hall–Kier alpha value is -1.96. The quantitative estimate of drug-likeness (QED) is 0.564. The number of aromatic nitrogens is 1. The van der Waals surface area contributed by atoms with Gasteiger partial charge in [0.2, 0.25) is 0 Å². The van der Waals surface area contributed by atoms with Gasteiger partial charge in [0.05, 0.1) is 12.1 Å². The van der Waals surface area contributed by atoms with Crippen LogP contribution in [0.3, 0.4) is 0 Å². The van der Waals surface area contributed by atoms with Crippen LogP contribution in [0.4, 0.5) is 0 Å². The molecule has 38 heavy (non-hydrogen) atoms. The van der Waals surface area contributed by atoms with Gasteiger partial charge in [-0.05, 0) is 101 Å². The Morgan fingerprint density at radius 2 is 1.68 bits per heavy atom. The zero-order chi connectivity index (χ0) is 26.6. The van der Waals surface area contributed by atoms with E-state index in [1.54, 1.807) is 0 Å². The van der Waals surface area contributed by atoms with Crippen molar-refractivity contribution in [1.29, 1.82) is 0 Å². The highest BCUT2D eigenvalue weighted by molar-refractivity contribution is 7.12. The second-order valence-corrected chi connectivity index (χ2v) is 13.7. The van der Waals surface area contributed by atoms with Crippen LogP contribution in [-0.2, 0) is 13.0 Å². The number of H-pyrrole nitrogens is 1. The molecule has 2 aromatic heterocycles. The third kappa shape index (κ3) is 4.79. The van der Waals surface area contributed by atoms with E-state index < -0.39 is 0 Å². The fraction of sp³-hybridized carbons (Fsp3) is 0.677. The molecule has 0 bridgehead atoms. The van der Waals surface area contributed by atoms with E-state index >= 15 is 0 Å². The average molecular weight is 537 g/mol. The number of pyridine rings is 1. The number of hydrogen-bond donors (Lipinski definition) is 1. The lowest BCUT2D eigenvalue weighted by molar-refractivity contribution is -0.00222. The summed E-state index contributed by atoms with van der Waals surface area (Å²) in [6, 6.07) is 3.59. The van der Waals surface area contributed by atoms with Crippen molar-refractivity contribution in [3.63, 3.8) is 0 Å². The highest BCUT2D eigenvalue weighted by Crippen LogP contribution is 2.44. The Morgan fingerprint density at radius 1 is 0.974 bits per heavy atom. The summed E-state index contributed by atoms with van der Waals surface area (Å²) in [5.41, 5.74) is 4.58. The zero-order valence-corrected chi connectivity index (χ0v) is 24.5. The molecule has 1 aliphatic carbocycles. The summed E-state index contributed by atoms with van der Waals surface area (Å²) in [6.45, 7) is 14.7. The third-order valence-electron chi connectivity index (χ3n) is 10.1. The first-order valence-corrected chi connectivity index (χ1v) is 15.7. The Balaban J connectivity index is 1.09. The van der Waals surface area contributed by atoms with Crippen LogP contribution in [0.1, 0.15) is 93.9 Å². The molecule has 0 spiro atoms. The molecule has 1 N–H and O–H groups in total. The monoisotopic (exact) mass is 536 g/mol. The molecule has 2 aromatic rings. The van der Waals surface area contributed by atoms with Gasteiger partial charge in [-0.15, -0.1) is 11.3 Å². The number of aryl methyl sites for hydroxylation is 2. The van der Waals surface area contributed by atoms with Gasteiger partial charge in [-0.1, -0.05) is 6.92 Å². The highest BCUT2D eigenvalue weighted by atomic mass is 32.1. The van der Waals surface area contributed by atoms with Crippen molar-refractivity contribution in [2.75, 3.05) is 32.7 Å². The number of amides is 1. The molecule has 206 valence electrons. The largest absolute Gasteiger partial charge is 0.334 e. The molecule has 5 heterocycles. The molecule has 0 unspecified atom stereocenters. The first-order chi connectivity index (χ1) is 18.3. The SMILES string of the molecule is Cc1cc(C)c(CN2CCc3sc([C@H](C)C4CCC(N5CC(N6CCCC6)C5)CC4)c(C)c3C2=O)c(=O)[nH]1. The summed E-state index contributed by atoms with van der Waals surface area (Å²) in [5.74, 6) is 1.32. The topological polar surface area (TPSA) is 59.6 Å². The van der Waals surface area contributed by atoms with Crippen molar-refractivity contribution in [2.45, 2.75) is 97.2 Å². The van der Waals surface area contributed by atoms with E-state index in [1.807, 2.05) is 36.2 Å². The molecular formula is C31H44N4O2S. The number of nitrogens with one attached hydrogen (secondary N) is 1. The third-order valence-corrected chi connectivity index (χ3v) is 11.7. The number of thiophene rings is 1. The predicted molar refractivity (Wildman–Crippen MR) is 154 cm³/mol. The predicted octanol–water partition coefficient (Wildman–Crippen LogP) is 5.00. The van der Waals surface area contributed by atoms with E-state index in [0.717, 1.165) is 35.3 Å². The maximum atomic E-state index is 13.6. The van der Waals surface area contributed by atoms with Crippen LogP contribution in [0.5, 0.6) is 0 Å². The molecule has 0 radical (unpaired) electrons. The minimum Gasteiger partial charge on any atom is -0.334 e. The first kappa shape index (κ1) is 26.3. The molecule has 7 heteroatoms. The minimum absolute atomic E-state index is 0.0714. The molecular weight excluding hydrogens is 492 g/mol. The molecule has 1 atom stereocenters. The summed E-state index contributed by atoms with van der Waals surface area (Å²) in [4.78, 5) is 39.2. The Morgan fingerprint density at radius 3 is 2.37 bits per heavy atom. The molecule has 1 saturated carbocycles. The fourth-order valence-electron chi connectivity index (χ4n) is 7.70. The van der Waals surface area contributed by atoms with Crippen LogP contribution in [0, 0.1) is 26.7 Å². The Bertz CT molecular complexity index is 1250. The summed E-state index contributed by atoms with van der Waals surface area (Å²) in [6.07, 6.45) is 8.92. The molecule has 6 nitrogen and oxygen atoms in total. The van der Waals surface area contributed by atoms with Gasteiger partial charge in [0.1, 0.15) is 0 Å². The van der Waals surface area contributed by atoms with Crippen molar-refractivity contribution in [3.05, 3.63) is 54.1 Å². The van der Waals surface area contributed by atoms with Gasteiger partial charge in [0, 0.05) is 59.2 Å². The molecule has 3 fully saturated rings. The lowest BCUT2D eigenvalue weighted by atomic mass is 9.76. The number of carbonyl (C=O) groups excluding carboxylic acids is 1. The molecule has 4 aliphatic rings. The van der Waals surface area contributed by atoms with Crippen molar-refractivity contribution >= 4 is 17.2 Å². The van der Waals surface area contributed by atoms with Crippen LogP contribution in [0.2, 0.25) is 0 Å². The van der Waals surface area contributed by atoms with Crippen molar-refractivity contribution in [1.82, 2.24) is 19.7 Å². The maximum Gasteiger partial charge on any atom is 0.255 e. The first-order valence-electron chi connectivity index (χ1n) is 14.9. The van der Waals surface area contributed by atoms with Crippen molar-refractivity contribution in [2.24, 2.45) is 5.92 Å². The van der Waals surface area contributed by atoms with Crippen LogP contribution in [0.25, 0.3) is 0 Å². The maximum absolute atomic E-state index is 13.6. The van der Waals surface area contributed by atoms with Gasteiger partial charge in [0.25, 0.3) is 11.5 Å². The highest BCUT2D eigenvalue weighted by Gasteiger charge is 2.39. The standard InChI is InChI=1S/C31H44N4O2S/c1-19-15-20(2)32-30(36)26(19)18-34-14-11-27-28(31(34)37)22(4)29(38-27)21(3)23-7-9-24(10-8-23)35-16-25(17-35)33-12-5-6-13-33/h15,21,23-25H,5-14,16-18H2,1-4H3,(H,32,36)/t21-,23?,24?/m1/s1. The Labute approximate surface area is 231 Å². The molecule has 6 rings (SSSR count). The van der Waals surface area contributed by atoms with Gasteiger partial charge < -0.3 is 9.88 Å². The summed E-state index contributed by atoms with van der Waals surface area (Å²) >= 11 is 1.89. The summed E-state index contributed by atoms with van der Waals surface area (Å²) in [5, 5.41) is 0. The number of fused-ring (bicyclic) bond motifs is 1. The lowest BCUT2D eigenvalue weighted by Gasteiger charge is -2.50. The van der Waals surface area contributed by atoms with Crippen LogP contribution in [-0.4, -0.2) is 70.4 Å². The van der Waals surface area contributed by atoms with Gasteiger partial charge in [0.15, 0.2) is 0 Å². The number of nitrogens with zero attached hydrogens (tertiary/aromatic N) is 3. The minimum atomic E-state index is -0.0714. The number of carbonyl (C=O) groups is 1. The number of aromatic amines is 1. The summed E-state index contributed by atoms with van der Waals surface area (Å²) < 4.78 is 0. The van der Waals surface area contributed by atoms with Gasteiger partial charge in [-0.25, -0.2) is 0 Å². The average Bonchev–Trinajstić information content (AvgIpc) is 3.50. The van der Waals surface area contributed by atoms with Crippen molar-refractivity contribution < 1.29 is 4.79 Å². The zero-order valence-electron chi connectivity index (χ0n) is 23.6. The second-order valence-electron chi connectivity index (χ2n) is 12.5. The van der Waals surface area contributed by atoms with E-state index in [4.69, 9.17) is 0 Å². The Kier molecular flexibility index (Phi) is 7.29. The van der Waals surface area contributed by atoms with E-state index in [0.29, 0.717) is 30.5 Å². The second kappa shape index (κ2) is 10.5. The smallest absolute Gasteiger partial charge is 0.255 e. The van der Waals surface area contributed by atoms with Crippen LogP contribution >= 0.6 is 11.3 Å². The number of hydrogen-bond acceptors (Lipinski definition) is 5. The van der Waals surface area contributed by atoms with E-state index in [9.17, 15) is 9.59 Å². The fourth-order valence-corrected chi connectivity index (χ4v) is 9.14. The normalized spacial score (nSPS) is 26.0. The summed E-state index contributed by atoms with van der Waals surface area (Å²) in [7, 11) is 0. The molecule has 2 saturated heterocycles. The van der Waals surface area contributed by atoms with Crippen LogP contribution in [0.15, 0.2) is 10.9 Å². The van der Waals surface area contributed by atoms with Crippen LogP contribution < -0.4 is 5.56 Å². The number of likely N-dealkylation sites (tertiary alicyclic amines) is 2. The van der Waals surface area contributed by atoms with Crippen molar-refractivity contribution in [3.8, 4) is 0 Å². The number of rotatable bonds is 6. The van der Waals surface area contributed by atoms with E-state index in [-0.39, 0.29) is 11.5 Å². The van der Waals surface area contributed by atoms with E-state index in [2.05, 4.69) is 28.6 Å². The van der Waals surface area contributed by atoms with E-state index in [1.165, 1.54) is 80.0 Å². The molecule has 1 amide bonds. The molecule has 3 aliphatic heterocycles. The van der Waals surface area contributed by atoms with Gasteiger partial charge >= 0.3 is 0 Å². The lowest BCUT2D eigenvalue weighted by Crippen LogP contribution is -2.62. The molecule has 0 aromatic carbocycles. The van der Waals surface area contributed by atoms with Gasteiger partial charge in [-0.2, -0.15) is 0 Å². The van der Waals surface area contributed by atoms with Gasteiger partial charge in [-0.3, -0.25) is 19.4 Å².